The first kappa shape index (κ1) is 25.8. The van der Waals surface area contributed by atoms with Gasteiger partial charge in [0.2, 0.25) is 11.6 Å². The monoisotopic (exact) mass is 473 g/mol. The first-order valence-electron chi connectivity index (χ1n) is 8.35. The maximum atomic E-state index is 13.9. The second-order valence-corrected chi connectivity index (χ2v) is 8.30. The lowest BCUT2D eigenvalue weighted by Gasteiger charge is -2.26. The molecule has 1 amide bonds. The SMILES string of the molecule is CC(=O)O[Si](CCCN(F)C(=O)Oc1cc(F)c(F)c(F)c1F)(OC(C)=O)OC(C)=O. The van der Waals surface area contributed by atoms with E-state index < -0.39 is 86.0 Å². The number of benzene rings is 1. The highest BCUT2D eigenvalue weighted by Crippen LogP contribution is 2.25. The largest absolute Gasteiger partial charge is 0.705 e. The normalized spacial score (nSPS) is 10.8. The molecule has 0 saturated carbocycles. The zero-order valence-corrected chi connectivity index (χ0v) is 17.3. The molecule has 1 aromatic carbocycles. The van der Waals surface area contributed by atoms with Crippen molar-refractivity contribution in [3.63, 3.8) is 0 Å². The lowest BCUT2D eigenvalue weighted by atomic mass is 10.3. The lowest BCUT2D eigenvalue weighted by molar-refractivity contribution is -0.147. The van der Waals surface area contributed by atoms with Crippen molar-refractivity contribution in [3.8, 4) is 5.75 Å². The van der Waals surface area contributed by atoms with Crippen LogP contribution in [0.2, 0.25) is 6.04 Å². The molecule has 0 aliphatic carbocycles. The fourth-order valence-corrected chi connectivity index (χ4v) is 4.50. The Hall–Kier alpha value is -3.23. The molecule has 31 heavy (non-hydrogen) atoms. The Kier molecular flexibility index (Phi) is 8.90. The highest BCUT2D eigenvalue weighted by Gasteiger charge is 2.51. The second-order valence-electron chi connectivity index (χ2n) is 5.82. The molecule has 0 N–H and O–H groups in total. The first-order valence-corrected chi connectivity index (χ1v) is 10.3. The van der Waals surface area contributed by atoms with Crippen molar-refractivity contribution in [2.24, 2.45) is 0 Å². The molecule has 0 saturated heterocycles. The van der Waals surface area contributed by atoms with Gasteiger partial charge in [-0.05, 0) is 6.42 Å². The Balaban J connectivity index is 2.85. The molecule has 172 valence electrons. The van der Waals surface area contributed by atoms with Crippen molar-refractivity contribution in [1.29, 1.82) is 0 Å². The van der Waals surface area contributed by atoms with Crippen molar-refractivity contribution >= 4 is 32.8 Å². The maximum Gasteiger partial charge on any atom is 0.705 e. The third-order valence-electron chi connectivity index (χ3n) is 3.20. The molecule has 0 radical (unpaired) electrons. The summed E-state index contributed by atoms with van der Waals surface area (Å²) in [5.74, 6) is -12.7. The topological polar surface area (TPSA) is 108 Å². The summed E-state index contributed by atoms with van der Waals surface area (Å²) in [6, 6.07) is -0.507. The molecule has 0 heterocycles. The van der Waals surface area contributed by atoms with Crippen LogP contribution >= 0.6 is 0 Å². The average Bonchev–Trinajstić information content (AvgIpc) is 2.62. The highest BCUT2D eigenvalue weighted by molar-refractivity contribution is 6.65. The van der Waals surface area contributed by atoms with Crippen LogP contribution in [0.3, 0.4) is 0 Å². The summed E-state index contributed by atoms with van der Waals surface area (Å²) >= 11 is 0. The summed E-state index contributed by atoms with van der Waals surface area (Å²) in [6.45, 7) is 1.94. The van der Waals surface area contributed by atoms with Gasteiger partial charge >= 0.3 is 14.9 Å². The first-order chi connectivity index (χ1) is 14.3. The van der Waals surface area contributed by atoms with Crippen molar-refractivity contribution in [1.82, 2.24) is 5.12 Å². The van der Waals surface area contributed by atoms with Gasteiger partial charge in [-0.1, -0.05) is 4.48 Å². The molecule has 0 bridgehead atoms. The number of nitrogens with zero attached hydrogens (tertiary/aromatic N) is 1. The Labute approximate surface area is 172 Å². The van der Waals surface area contributed by atoms with Crippen LogP contribution in [-0.4, -0.2) is 44.5 Å². The van der Waals surface area contributed by atoms with E-state index in [1.807, 2.05) is 0 Å². The predicted molar refractivity (Wildman–Crippen MR) is 90.6 cm³/mol. The Morgan fingerprint density at radius 3 is 1.81 bits per heavy atom. The van der Waals surface area contributed by atoms with E-state index in [1.165, 1.54) is 0 Å². The van der Waals surface area contributed by atoms with E-state index in [0.717, 1.165) is 20.8 Å². The minimum absolute atomic E-state index is 0.000471. The fourth-order valence-electron chi connectivity index (χ4n) is 2.17. The van der Waals surface area contributed by atoms with Gasteiger partial charge < -0.3 is 18.0 Å². The van der Waals surface area contributed by atoms with Gasteiger partial charge in [-0.3, -0.25) is 14.4 Å². The van der Waals surface area contributed by atoms with Crippen LogP contribution in [0.15, 0.2) is 6.07 Å². The minimum atomic E-state index is -4.29. The van der Waals surface area contributed by atoms with E-state index in [1.54, 1.807) is 0 Å². The second kappa shape index (κ2) is 10.7. The number of halogens is 5. The molecule has 0 spiro atoms. The van der Waals surface area contributed by atoms with Crippen molar-refractivity contribution < 1.29 is 59.2 Å². The molecule has 0 fully saturated rings. The van der Waals surface area contributed by atoms with Crippen LogP contribution in [0, 0.1) is 23.3 Å². The summed E-state index contributed by atoms with van der Waals surface area (Å²) in [6.07, 6.45) is -2.36. The molecule has 0 unspecified atom stereocenters. The molecule has 0 aromatic heterocycles. The number of carbonyl (C=O) groups is 4. The average molecular weight is 473 g/mol. The minimum Gasteiger partial charge on any atom is -0.455 e. The van der Waals surface area contributed by atoms with E-state index >= 15 is 0 Å². The number of hydrogen-bond donors (Lipinski definition) is 0. The van der Waals surface area contributed by atoms with Gasteiger partial charge in [-0.25, -0.2) is 18.0 Å². The number of rotatable bonds is 8. The van der Waals surface area contributed by atoms with Crippen LogP contribution in [0.1, 0.15) is 27.2 Å². The Bertz CT molecular complexity index is 843. The molecule has 0 aliphatic heterocycles. The van der Waals surface area contributed by atoms with Crippen molar-refractivity contribution in [3.05, 3.63) is 29.3 Å². The van der Waals surface area contributed by atoms with E-state index in [2.05, 4.69) is 4.74 Å². The quantitative estimate of drug-likeness (QED) is 0.186. The van der Waals surface area contributed by atoms with Gasteiger partial charge in [0, 0.05) is 26.8 Å². The summed E-state index contributed by atoms with van der Waals surface area (Å²) < 4.78 is 85.2. The fraction of sp³-hybridized carbons (Fsp3) is 0.375. The summed E-state index contributed by atoms with van der Waals surface area (Å²) in [5.41, 5.74) is 0. The smallest absolute Gasteiger partial charge is 0.455 e. The van der Waals surface area contributed by atoms with Gasteiger partial charge in [-0.15, -0.1) is 5.12 Å². The molecule has 1 aromatic rings. The van der Waals surface area contributed by atoms with Gasteiger partial charge in [0.25, 0.3) is 17.9 Å². The van der Waals surface area contributed by atoms with Crippen LogP contribution < -0.4 is 4.74 Å². The summed E-state index contributed by atoms with van der Waals surface area (Å²) in [7, 11) is -4.29. The van der Waals surface area contributed by atoms with E-state index in [-0.39, 0.29) is 6.07 Å². The van der Waals surface area contributed by atoms with E-state index in [0.29, 0.717) is 0 Å². The number of amides is 1. The molecule has 0 atom stereocenters. The van der Waals surface area contributed by atoms with Crippen LogP contribution in [0.5, 0.6) is 5.75 Å². The summed E-state index contributed by atoms with van der Waals surface area (Å²) in [4.78, 5) is 45.5. The number of hydrogen-bond acceptors (Lipinski definition) is 8. The van der Waals surface area contributed by atoms with Crippen LogP contribution in [-0.2, 0) is 27.7 Å². The van der Waals surface area contributed by atoms with Gasteiger partial charge in [-0.2, -0.15) is 4.39 Å². The Morgan fingerprint density at radius 1 is 0.871 bits per heavy atom. The van der Waals surface area contributed by atoms with Crippen molar-refractivity contribution in [2.75, 3.05) is 6.54 Å². The molecule has 1 rings (SSSR count). The zero-order chi connectivity index (χ0) is 23.9. The van der Waals surface area contributed by atoms with Crippen LogP contribution in [0.4, 0.5) is 26.8 Å². The third kappa shape index (κ3) is 7.51. The lowest BCUT2D eigenvalue weighted by Crippen LogP contribution is -2.49. The van der Waals surface area contributed by atoms with Gasteiger partial charge in [0.05, 0.1) is 12.6 Å². The van der Waals surface area contributed by atoms with Gasteiger partial charge in [0.1, 0.15) is 0 Å². The van der Waals surface area contributed by atoms with E-state index in [4.69, 9.17) is 13.3 Å². The maximum absolute atomic E-state index is 13.9. The number of carbonyl (C=O) groups excluding carboxylic acids is 4. The molecule has 9 nitrogen and oxygen atoms in total. The third-order valence-corrected chi connectivity index (χ3v) is 5.96. The van der Waals surface area contributed by atoms with E-state index in [9.17, 15) is 41.2 Å². The highest BCUT2D eigenvalue weighted by atomic mass is 28.4. The molecular formula is C16H16F5NO8Si. The molecule has 0 aliphatic rings. The van der Waals surface area contributed by atoms with Crippen LogP contribution in [0.25, 0.3) is 0 Å². The molecular weight excluding hydrogens is 457 g/mol. The predicted octanol–water partition coefficient (Wildman–Crippen LogP) is 2.95. The zero-order valence-electron chi connectivity index (χ0n) is 16.3. The number of ether oxygens (including phenoxy) is 1. The molecule has 15 heteroatoms. The Morgan fingerprint density at radius 2 is 1.35 bits per heavy atom. The summed E-state index contributed by atoms with van der Waals surface area (Å²) in [5, 5.41) is -0.660. The van der Waals surface area contributed by atoms with Crippen molar-refractivity contribution in [2.45, 2.75) is 33.2 Å². The standard InChI is InChI=1S/C16H16F5NO8Si/c1-8(23)28-31(29-9(2)24,30-10(3)25)6-4-5-22(21)16(26)27-12-7-11(17)13(18)15(20)14(12)19/h7H,4-6H2,1-3H3. The van der Waals surface area contributed by atoms with Gasteiger partial charge in [0.15, 0.2) is 17.4 Å².